The normalized spacial score (nSPS) is 20.1. The maximum absolute atomic E-state index is 11.2. The summed E-state index contributed by atoms with van der Waals surface area (Å²) in [6.07, 6.45) is 2.71. The third kappa shape index (κ3) is 5.43. The topological polar surface area (TPSA) is 106 Å². The van der Waals surface area contributed by atoms with E-state index in [9.17, 15) is 10.1 Å². The average Bonchev–Trinajstić information content (AvgIpc) is 3.54. The van der Waals surface area contributed by atoms with Crippen molar-refractivity contribution in [1.82, 2.24) is 20.1 Å². The van der Waals surface area contributed by atoms with Gasteiger partial charge in [-0.2, -0.15) is 0 Å². The molecule has 11 heteroatoms. The predicted octanol–water partition coefficient (Wildman–Crippen LogP) is 3.95. The molecule has 194 valence electrons. The first-order valence-electron chi connectivity index (χ1n) is 12.3. The van der Waals surface area contributed by atoms with Crippen LogP contribution in [-0.4, -0.2) is 71.3 Å². The number of furan rings is 1. The molecule has 0 radical (unpaired) electrons. The molecule has 2 aromatic heterocycles. The highest BCUT2D eigenvalue weighted by molar-refractivity contribution is 7.80. The van der Waals surface area contributed by atoms with Gasteiger partial charge in [0, 0.05) is 38.4 Å². The largest absolute Gasteiger partial charge is 0.496 e. The van der Waals surface area contributed by atoms with Crippen LogP contribution in [0.3, 0.4) is 0 Å². The maximum Gasteiger partial charge on any atom is 0.273 e. The number of nitrogens with zero attached hydrogens (tertiary/aromatic N) is 4. The number of methoxy groups -OCH3 is 1. The van der Waals surface area contributed by atoms with Gasteiger partial charge >= 0.3 is 0 Å². The van der Waals surface area contributed by atoms with Crippen molar-refractivity contribution < 1.29 is 18.8 Å². The molecule has 5 rings (SSSR count). The number of aromatic nitrogens is 1. The number of rotatable bonds is 9. The van der Waals surface area contributed by atoms with Crippen LogP contribution < -0.4 is 10.1 Å². The zero-order chi connectivity index (χ0) is 25.8. The molecule has 10 nitrogen and oxygen atoms in total. The molecule has 2 fully saturated rings. The van der Waals surface area contributed by atoms with Gasteiger partial charge in [0.15, 0.2) is 5.11 Å². The van der Waals surface area contributed by atoms with Crippen LogP contribution in [0.5, 0.6) is 5.75 Å². The van der Waals surface area contributed by atoms with Crippen LogP contribution in [0.1, 0.15) is 30.0 Å². The summed E-state index contributed by atoms with van der Waals surface area (Å²) in [7, 11) is 1.49. The Morgan fingerprint density at radius 3 is 2.76 bits per heavy atom. The van der Waals surface area contributed by atoms with Gasteiger partial charge in [-0.1, -0.05) is 6.07 Å². The molecule has 2 saturated heterocycles. The van der Waals surface area contributed by atoms with Crippen LogP contribution in [0, 0.1) is 10.1 Å². The van der Waals surface area contributed by atoms with Gasteiger partial charge in [0.1, 0.15) is 23.3 Å². The summed E-state index contributed by atoms with van der Waals surface area (Å²) in [5.41, 5.74) is 1.47. The zero-order valence-corrected chi connectivity index (χ0v) is 21.4. The second kappa shape index (κ2) is 11.2. The molecule has 2 aliphatic rings. The average molecular weight is 524 g/mol. The number of ether oxygens (including phenoxy) is 2. The summed E-state index contributed by atoms with van der Waals surface area (Å²) in [5, 5.41) is 15.3. The number of benzene rings is 1. The number of non-ortho nitro benzene ring substituents is 1. The Labute approximate surface area is 220 Å². The van der Waals surface area contributed by atoms with E-state index in [1.807, 2.05) is 30.3 Å². The zero-order valence-electron chi connectivity index (χ0n) is 20.5. The molecule has 0 bridgehead atoms. The summed E-state index contributed by atoms with van der Waals surface area (Å²) in [4.78, 5) is 19.9. The van der Waals surface area contributed by atoms with Gasteiger partial charge in [-0.25, -0.2) is 0 Å². The van der Waals surface area contributed by atoms with Gasteiger partial charge in [-0.05, 0) is 49.0 Å². The van der Waals surface area contributed by atoms with Gasteiger partial charge in [0.2, 0.25) is 0 Å². The first kappa shape index (κ1) is 25.1. The summed E-state index contributed by atoms with van der Waals surface area (Å²) < 4.78 is 17.3. The number of nitro groups is 1. The molecular formula is C26H29N5O5S. The number of thiocarbonyl (C=S) groups is 1. The third-order valence-corrected chi connectivity index (χ3v) is 7.11. The maximum atomic E-state index is 11.2. The predicted molar refractivity (Wildman–Crippen MR) is 141 cm³/mol. The molecule has 37 heavy (non-hydrogen) atoms. The van der Waals surface area contributed by atoms with Crippen molar-refractivity contribution in [2.24, 2.45) is 0 Å². The van der Waals surface area contributed by atoms with Gasteiger partial charge in [0.05, 0.1) is 48.6 Å². The Morgan fingerprint density at radius 1 is 1.19 bits per heavy atom. The minimum Gasteiger partial charge on any atom is -0.496 e. The van der Waals surface area contributed by atoms with Crippen LogP contribution in [0.4, 0.5) is 5.69 Å². The molecule has 0 unspecified atom stereocenters. The number of morpholine rings is 1. The molecule has 2 atom stereocenters. The minimum atomic E-state index is -0.447. The first-order valence-corrected chi connectivity index (χ1v) is 12.7. The number of hydrogen-bond donors (Lipinski definition) is 1. The van der Waals surface area contributed by atoms with E-state index in [1.165, 1.54) is 19.2 Å². The smallest absolute Gasteiger partial charge is 0.273 e. The molecule has 2 aliphatic heterocycles. The Bertz CT molecular complexity index is 1250. The Morgan fingerprint density at radius 2 is 2.03 bits per heavy atom. The molecule has 0 saturated carbocycles. The van der Waals surface area contributed by atoms with Crippen LogP contribution in [0.15, 0.2) is 59.1 Å². The lowest BCUT2D eigenvalue weighted by atomic mass is 10.0. The van der Waals surface area contributed by atoms with E-state index < -0.39 is 4.92 Å². The minimum absolute atomic E-state index is 0.0422. The first-order chi connectivity index (χ1) is 18.0. The molecule has 0 amide bonds. The molecule has 1 aromatic carbocycles. The van der Waals surface area contributed by atoms with Crippen molar-refractivity contribution in [3.63, 3.8) is 0 Å². The molecule has 0 aliphatic carbocycles. The Kier molecular flexibility index (Phi) is 7.63. The second-order valence-electron chi connectivity index (χ2n) is 8.97. The lowest BCUT2D eigenvalue weighted by molar-refractivity contribution is -0.384. The lowest BCUT2D eigenvalue weighted by Crippen LogP contribution is -2.38. The van der Waals surface area contributed by atoms with Crippen molar-refractivity contribution in [3.05, 3.63) is 76.3 Å². The summed E-state index contributed by atoms with van der Waals surface area (Å²) >= 11 is 5.77. The molecule has 0 spiro atoms. The van der Waals surface area contributed by atoms with Gasteiger partial charge < -0.3 is 24.1 Å². The van der Waals surface area contributed by atoms with Crippen molar-refractivity contribution in [2.75, 3.05) is 46.5 Å². The Balaban J connectivity index is 1.42. The van der Waals surface area contributed by atoms with Crippen LogP contribution in [0.25, 0.3) is 11.3 Å². The summed E-state index contributed by atoms with van der Waals surface area (Å²) in [6, 6.07) is 13.7. The van der Waals surface area contributed by atoms with Gasteiger partial charge in [-0.15, -0.1) is 0 Å². The molecule has 3 aromatic rings. The van der Waals surface area contributed by atoms with Crippen molar-refractivity contribution in [1.29, 1.82) is 0 Å². The third-order valence-electron chi connectivity index (χ3n) is 6.75. The van der Waals surface area contributed by atoms with E-state index in [-0.39, 0.29) is 17.8 Å². The van der Waals surface area contributed by atoms with E-state index >= 15 is 0 Å². The van der Waals surface area contributed by atoms with E-state index in [4.69, 9.17) is 26.1 Å². The fourth-order valence-electron chi connectivity index (χ4n) is 4.90. The van der Waals surface area contributed by atoms with Crippen LogP contribution >= 0.6 is 12.2 Å². The number of nitro benzene ring substituents is 1. The fraction of sp³-hybridized carbons (Fsp3) is 0.385. The fourth-order valence-corrected chi connectivity index (χ4v) is 5.23. The van der Waals surface area contributed by atoms with Gasteiger partial charge in [-0.3, -0.25) is 20.0 Å². The molecule has 1 N–H and O–H groups in total. The Hall–Kier alpha value is -3.54. The number of pyridine rings is 1. The SMILES string of the molecule is COc1cc([N+](=O)[O-])ccc1-c1ccc([C@@H]2[C@@H](c3ccccn3)NC(=S)N2CCCN2CCOCC2)o1. The number of nitrogens with one attached hydrogen (secondary N) is 1. The van der Waals surface area contributed by atoms with Crippen molar-refractivity contribution in [2.45, 2.75) is 18.5 Å². The quantitative estimate of drug-likeness (QED) is 0.252. The van der Waals surface area contributed by atoms with E-state index in [0.29, 0.717) is 22.2 Å². The lowest BCUT2D eigenvalue weighted by Gasteiger charge is -2.29. The highest BCUT2D eigenvalue weighted by atomic mass is 32.1. The molecule has 4 heterocycles. The summed E-state index contributed by atoms with van der Waals surface area (Å²) in [6.45, 7) is 5.16. The second-order valence-corrected chi connectivity index (χ2v) is 9.36. The summed E-state index contributed by atoms with van der Waals surface area (Å²) in [5.74, 6) is 1.66. The van der Waals surface area contributed by atoms with Crippen molar-refractivity contribution >= 4 is 23.0 Å². The highest BCUT2D eigenvalue weighted by Crippen LogP contribution is 2.42. The van der Waals surface area contributed by atoms with Crippen molar-refractivity contribution in [3.8, 4) is 17.1 Å². The van der Waals surface area contributed by atoms with Crippen LogP contribution in [-0.2, 0) is 4.74 Å². The monoisotopic (exact) mass is 523 g/mol. The molecular weight excluding hydrogens is 494 g/mol. The van der Waals surface area contributed by atoms with Crippen LogP contribution in [0.2, 0.25) is 0 Å². The number of hydrogen-bond acceptors (Lipinski definition) is 8. The highest BCUT2D eigenvalue weighted by Gasteiger charge is 2.41. The van der Waals surface area contributed by atoms with E-state index in [1.54, 1.807) is 12.3 Å². The van der Waals surface area contributed by atoms with E-state index in [0.717, 1.165) is 57.3 Å². The van der Waals surface area contributed by atoms with Gasteiger partial charge in [0.25, 0.3) is 5.69 Å². The van der Waals surface area contributed by atoms with E-state index in [2.05, 4.69) is 20.1 Å². The standard InChI is InChI=1S/C26H29N5O5S/c1-34-23-17-18(31(32)33)6-7-19(23)21-8-9-22(36-21)25-24(20-5-2-3-10-27-20)28-26(37)30(25)12-4-11-29-13-15-35-16-14-29/h2-3,5-10,17,24-25H,4,11-16H2,1H3,(H,28,37)/t24-,25-/m1/s1.